The Kier molecular flexibility index (Phi) is 9.27. The Morgan fingerprint density at radius 2 is 1.71 bits per heavy atom. The van der Waals surface area contributed by atoms with E-state index in [1.807, 2.05) is 0 Å². The van der Waals surface area contributed by atoms with Gasteiger partial charge in [0, 0.05) is 6.42 Å². The molecule has 0 aromatic carbocycles. The fraction of sp³-hybridized carbons (Fsp3) is 0.750. The van der Waals surface area contributed by atoms with Gasteiger partial charge in [0.1, 0.15) is 8.07 Å². The van der Waals surface area contributed by atoms with Crippen molar-refractivity contribution in [3.8, 4) is 11.5 Å². The first-order valence-corrected chi connectivity index (χ1v) is 10.7. The molecule has 0 aliphatic rings. The van der Waals surface area contributed by atoms with E-state index in [4.69, 9.17) is 0 Å². The van der Waals surface area contributed by atoms with Crippen LogP contribution in [0.5, 0.6) is 0 Å². The van der Waals surface area contributed by atoms with E-state index in [1.165, 1.54) is 38.5 Å². The second-order valence-corrected chi connectivity index (χ2v) is 10.6. The normalized spacial score (nSPS) is 12.2. The number of unbranched alkanes of at least 4 members (excludes halogenated alkanes) is 3. The summed E-state index contributed by atoms with van der Waals surface area (Å²) in [6.45, 7) is 11.5. The second kappa shape index (κ2) is 9.54. The van der Waals surface area contributed by atoms with Crippen LogP contribution in [0, 0.1) is 11.5 Å². The van der Waals surface area contributed by atoms with E-state index in [-0.39, 0.29) is 0 Å². The van der Waals surface area contributed by atoms with Crippen molar-refractivity contribution in [2.45, 2.75) is 78.4 Å². The topological polar surface area (TPSA) is 0 Å². The van der Waals surface area contributed by atoms with Crippen LogP contribution in [0.4, 0.5) is 0 Å². The first kappa shape index (κ1) is 16.5. The van der Waals surface area contributed by atoms with Crippen LogP contribution in [0.1, 0.15) is 58.8 Å². The number of hydrogen-bond acceptors (Lipinski definition) is 0. The summed E-state index contributed by atoms with van der Waals surface area (Å²) in [4.78, 5) is 0. The molecule has 0 saturated heterocycles. The van der Waals surface area contributed by atoms with Gasteiger partial charge in [0.05, 0.1) is 0 Å². The molecule has 0 bridgehead atoms. The molecule has 0 rings (SSSR count). The van der Waals surface area contributed by atoms with E-state index in [9.17, 15) is 0 Å². The van der Waals surface area contributed by atoms with Crippen molar-refractivity contribution in [2.24, 2.45) is 0 Å². The zero-order chi connectivity index (χ0) is 13.1. The molecule has 0 aromatic rings. The van der Waals surface area contributed by atoms with Gasteiger partial charge in [-0.15, -0.1) is 11.5 Å². The van der Waals surface area contributed by atoms with Gasteiger partial charge in [-0.05, 0) is 19.3 Å². The van der Waals surface area contributed by atoms with Crippen molar-refractivity contribution < 1.29 is 0 Å². The van der Waals surface area contributed by atoms with Crippen LogP contribution < -0.4 is 0 Å². The van der Waals surface area contributed by atoms with Crippen molar-refractivity contribution in [1.82, 2.24) is 0 Å². The van der Waals surface area contributed by atoms with E-state index >= 15 is 0 Å². The maximum absolute atomic E-state index is 3.47. The Bertz CT molecular complexity index is 270. The van der Waals surface area contributed by atoms with Crippen molar-refractivity contribution in [1.29, 1.82) is 0 Å². The minimum Gasteiger partial charge on any atom is -0.132 e. The Balaban J connectivity index is 4.26. The highest BCUT2D eigenvalue weighted by molar-refractivity contribution is 6.83. The van der Waals surface area contributed by atoms with Crippen LogP contribution in [-0.4, -0.2) is 8.07 Å². The van der Waals surface area contributed by atoms with E-state index in [2.05, 4.69) is 51.0 Å². The molecule has 0 aliphatic carbocycles. The Morgan fingerprint density at radius 3 is 2.24 bits per heavy atom. The Labute approximate surface area is 110 Å². The van der Waals surface area contributed by atoms with Crippen LogP contribution in [-0.2, 0) is 0 Å². The maximum atomic E-state index is 3.47. The lowest BCUT2D eigenvalue weighted by Gasteiger charge is -2.05. The van der Waals surface area contributed by atoms with Gasteiger partial charge in [0.15, 0.2) is 0 Å². The van der Waals surface area contributed by atoms with Gasteiger partial charge in [-0.1, -0.05) is 64.4 Å². The van der Waals surface area contributed by atoms with Crippen LogP contribution >= 0.6 is 0 Å². The first-order valence-electron chi connectivity index (χ1n) is 7.17. The van der Waals surface area contributed by atoms with Crippen molar-refractivity contribution >= 4 is 8.07 Å². The van der Waals surface area contributed by atoms with Crippen LogP contribution in [0.3, 0.4) is 0 Å². The van der Waals surface area contributed by atoms with E-state index in [0.717, 1.165) is 6.42 Å². The van der Waals surface area contributed by atoms with Crippen molar-refractivity contribution in [3.63, 3.8) is 0 Å². The molecule has 0 saturated carbocycles. The zero-order valence-electron chi connectivity index (χ0n) is 12.5. The lowest BCUT2D eigenvalue weighted by atomic mass is 10.0. The van der Waals surface area contributed by atoms with Crippen molar-refractivity contribution in [2.75, 3.05) is 0 Å². The summed E-state index contributed by atoms with van der Waals surface area (Å²) in [5.74, 6) is 3.40. The third kappa shape index (κ3) is 11.8. The van der Waals surface area contributed by atoms with E-state index in [1.54, 1.807) is 5.57 Å². The smallest absolute Gasteiger partial charge is 0.129 e. The molecule has 0 spiro atoms. The van der Waals surface area contributed by atoms with Gasteiger partial charge in [-0.3, -0.25) is 0 Å². The second-order valence-electron chi connectivity index (χ2n) is 5.84. The summed E-state index contributed by atoms with van der Waals surface area (Å²) in [5.41, 5.74) is 5.04. The van der Waals surface area contributed by atoms with E-state index < -0.39 is 8.07 Å². The largest absolute Gasteiger partial charge is 0.132 e. The molecule has 98 valence electrons. The Hall–Kier alpha value is -0.483. The average molecular weight is 251 g/mol. The molecule has 0 fully saturated rings. The quantitative estimate of drug-likeness (QED) is 0.240. The molecule has 0 radical (unpaired) electrons. The fourth-order valence-electron chi connectivity index (χ4n) is 1.60. The van der Waals surface area contributed by atoms with Gasteiger partial charge in [0.2, 0.25) is 0 Å². The highest BCUT2D eigenvalue weighted by atomic mass is 28.3. The summed E-state index contributed by atoms with van der Waals surface area (Å²) >= 11 is 0. The van der Waals surface area contributed by atoms with Gasteiger partial charge < -0.3 is 0 Å². The standard InChI is InChI=1S/C16H30Si/c1-6-8-10-13-16(12-9-7-2)14-11-15-17(3,4)5/h13H,6-10,12,14H2,1-5H3. The van der Waals surface area contributed by atoms with Gasteiger partial charge in [-0.2, -0.15) is 0 Å². The van der Waals surface area contributed by atoms with Gasteiger partial charge in [-0.25, -0.2) is 0 Å². The molecule has 0 N–H and O–H groups in total. The molecule has 0 amide bonds. The highest BCUT2D eigenvalue weighted by Gasteiger charge is 2.07. The molecular formula is C16H30Si. The maximum Gasteiger partial charge on any atom is 0.129 e. The minimum absolute atomic E-state index is 1.01. The summed E-state index contributed by atoms with van der Waals surface area (Å²) in [5, 5.41) is 0. The van der Waals surface area contributed by atoms with Gasteiger partial charge >= 0.3 is 0 Å². The van der Waals surface area contributed by atoms with Gasteiger partial charge in [0.25, 0.3) is 0 Å². The summed E-state index contributed by atoms with van der Waals surface area (Å²) in [6.07, 6.45) is 11.1. The number of hydrogen-bond donors (Lipinski definition) is 0. The molecule has 1 heteroatoms. The first-order chi connectivity index (χ1) is 7.99. The van der Waals surface area contributed by atoms with Crippen LogP contribution in [0.25, 0.3) is 0 Å². The third-order valence-electron chi connectivity index (χ3n) is 2.62. The molecule has 0 aromatic heterocycles. The monoisotopic (exact) mass is 250 g/mol. The number of allylic oxidation sites excluding steroid dienone is 2. The SMILES string of the molecule is CCCCC=C(CC#C[Si](C)(C)C)CCCC. The van der Waals surface area contributed by atoms with Crippen LogP contribution in [0.15, 0.2) is 11.6 Å². The minimum atomic E-state index is -1.18. The molecule has 0 atom stereocenters. The van der Waals surface area contributed by atoms with Crippen LogP contribution in [0.2, 0.25) is 19.6 Å². The highest BCUT2D eigenvalue weighted by Crippen LogP contribution is 2.13. The zero-order valence-corrected chi connectivity index (χ0v) is 13.5. The average Bonchev–Trinajstić information content (AvgIpc) is 2.23. The molecule has 17 heavy (non-hydrogen) atoms. The van der Waals surface area contributed by atoms with E-state index in [0.29, 0.717) is 0 Å². The Morgan fingerprint density at radius 1 is 1.06 bits per heavy atom. The third-order valence-corrected chi connectivity index (χ3v) is 3.55. The van der Waals surface area contributed by atoms with Crippen molar-refractivity contribution in [3.05, 3.63) is 11.6 Å². The lowest BCUT2D eigenvalue weighted by Crippen LogP contribution is -2.16. The molecule has 0 nitrogen and oxygen atoms in total. The molecule has 0 aliphatic heterocycles. The summed E-state index contributed by atoms with van der Waals surface area (Å²) in [6, 6.07) is 0. The fourth-order valence-corrected chi connectivity index (χ4v) is 2.22. The predicted octanol–water partition coefficient (Wildman–Crippen LogP) is 5.56. The molecule has 0 unspecified atom stereocenters. The predicted molar refractivity (Wildman–Crippen MR) is 82.9 cm³/mol. The summed E-state index contributed by atoms with van der Waals surface area (Å²) < 4.78 is 0. The summed E-state index contributed by atoms with van der Waals surface area (Å²) in [7, 11) is -1.18. The number of rotatable bonds is 7. The molecule has 0 heterocycles. The lowest BCUT2D eigenvalue weighted by molar-refractivity contribution is 0.760. The molecular weight excluding hydrogens is 220 g/mol.